The van der Waals surface area contributed by atoms with Gasteiger partial charge in [-0.25, -0.2) is 18.0 Å². The predicted molar refractivity (Wildman–Crippen MR) is 92.2 cm³/mol. The topological polar surface area (TPSA) is 56.8 Å². The van der Waals surface area contributed by atoms with E-state index >= 15 is 0 Å². The van der Waals surface area contributed by atoms with Crippen LogP contribution in [0, 0.1) is 17.5 Å². The Hall–Kier alpha value is -2.42. The van der Waals surface area contributed by atoms with Crippen LogP contribution in [0.1, 0.15) is 15.9 Å². The van der Waals surface area contributed by atoms with Gasteiger partial charge >= 0.3 is 5.97 Å². The predicted octanol–water partition coefficient (Wildman–Crippen LogP) is 4.28. The second kappa shape index (κ2) is 8.31. The summed E-state index contributed by atoms with van der Waals surface area (Å²) in [7, 11) is 3.91. The van der Waals surface area contributed by atoms with Crippen molar-refractivity contribution in [2.75, 3.05) is 26.6 Å². The Kier molecular flexibility index (Phi) is 6.36. The number of halogens is 4. The van der Waals surface area contributed by atoms with Crippen molar-refractivity contribution in [3.8, 4) is 11.5 Å². The van der Waals surface area contributed by atoms with Crippen LogP contribution >= 0.6 is 15.9 Å². The molecule has 2 aromatic carbocycles. The van der Waals surface area contributed by atoms with E-state index in [-0.39, 0.29) is 6.54 Å². The molecule has 140 valence electrons. The van der Waals surface area contributed by atoms with Gasteiger partial charge in [-0.3, -0.25) is 0 Å². The molecule has 0 bridgehead atoms. The van der Waals surface area contributed by atoms with Gasteiger partial charge in [0.1, 0.15) is 17.1 Å². The molecule has 0 aliphatic heterocycles. The summed E-state index contributed by atoms with van der Waals surface area (Å²) in [5.41, 5.74) is -0.817. The molecule has 1 N–H and O–H groups in total. The van der Waals surface area contributed by atoms with E-state index in [2.05, 4.69) is 26.0 Å². The molecule has 0 unspecified atom stereocenters. The van der Waals surface area contributed by atoms with Crippen LogP contribution < -0.4 is 14.8 Å². The number of esters is 1. The highest BCUT2D eigenvalue weighted by molar-refractivity contribution is 9.10. The fourth-order valence-corrected chi connectivity index (χ4v) is 2.65. The Labute approximate surface area is 156 Å². The number of ether oxygens (including phenoxy) is 3. The van der Waals surface area contributed by atoms with Gasteiger partial charge in [0.15, 0.2) is 17.5 Å². The van der Waals surface area contributed by atoms with Crippen LogP contribution in [0.4, 0.5) is 18.9 Å². The zero-order valence-electron chi connectivity index (χ0n) is 14.1. The maximum atomic E-state index is 14.4. The van der Waals surface area contributed by atoms with E-state index in [0.717, 1.165) is 7.11 Å². The molecule has 0 radical (unpaired) electrons. The quantitative estimate of drug-likeness (QED) is 0.418. The summed E-state index contributed by atoms with van der Waals surface area (Å²) < 4.78 is 56.4. The molecule has 9 heteroatoms. The highest BCUT2D eigenvalue weighted by atomic mass is 79.9. The fraction of sp³-hybridized carbons (Fsp3) is 0.235. The van der Waals surface area contributed by atoms with Crippen LogP contribution in [0.2, 0.25) is 0 Å². The summed E-state index contributed by atoms with van der Waals surface area (Å²) in [5, 5.41) is 2.60. The van der Waals surface area contributed by atoms with Crippen molar-refractivity contribution in [3.05, 3.63) is 51.3 Å². The lowest BCUT2D eigenvalue weighted by molar-refractivity contribution is 0.0594. The van der Waals surface area contributed by atoms with Crippen LogP contribution in [-0.2, 0) is 11.3 Å². The van der Waals surface area contributed by atoms with Gasteiger partial charge in [-0.05, 0) is 28.1 Å². The first-order chi connectivity index (χ1) is 12.3. The highest BCUT2D eigenvalue weighted by Gasteiger charge is 2.28. The van der Waals surface area contributed by atoms with Gasteiger partial charge < -0.3 is 19.5 Å². The molecule has 0 saturated heterocycles. The standard InChI is InChI=1S/C17H15BrF3NO4/c1-24-9-5-4-8(10(6-9)25-2)7-22-16-11(17(23)26-3)13(19)14(20)12(18)15(16)21/h4-6,22H,7H2,1-3H3. The van der Waals surface area contributed by atoms with Gasteiger partial charge in [0.2, 0.25) is 0 Å². The van der Waals surface area contributed by atoms with E-state index in [1.165, 1.54) is 14.2 Å². The van der Waals surface area contributed by atoms with Gasteiger partial charge in [0.25, 0.3) is 0 Å². The first kappa shape index (κ1) is 19.9. The van der Waals surface area contributed by atoms with Crippen molar-refractivity contribution in [1.29, 1.82) is 0 Å². The Balaban J connectivity index is 2.45. The van der Waals surface area contributed by atoms with Gasteiger partial charge in [0.05, 0.1) is 31.5 Å². The lowest BCUT2D eigenvalue weighted by Crippen LogP contribution is -2.15. The molecule has 0 spiro atoms. The van der Waals surface area contributed by atoms with E-state index in [9.17, 15) is 18.0 Å². The number of methoxy groups -OCH3 is 3. The van der Waals surface area contributed by atoms with E-state index in [1.807, 2.05) is 0 Å². The molecule has 0 saturated carbocycles. The number of hydrogen-bond donors (Lipinski definition) is 1. The second-order valence-electron chi connectivity index (χ2n) is 5.03. The first-order valence-electron chi connectivity index (χ1n) is 7.24. The average Bonchev–Trinajstić information content (AvgIpc) is 2.67. The molecule has 0 amide bonds. The number of anilines is 1. The number of carbonyl (C=O) groups is 1. The lowest BCUT2D eigenvalue weighted by Gasteiger charge is -2.16. The van der Waals surface area contributed by atoms with Crippen LogP contribution in [0.15, 0.2) is 22.7 Å². The minimum atomic E-state index is -1.52. The third-order valence-corrected chi connectivity index (χ3v) is 4.30. The number of hydrogen-bond acceptors (Lipinski definition) is 5. The van der Waals surface area contributed by atoms with Crippen molar-refractivity contribution in [1.82, 2.24) is 0 Å². The monoisotopic (exact) mass is 433 g/mol. The molecule has 2 rings (SSSR count). The summed E-state index contributed by atoms with van der Waals surface area (Å²) >= 11 is 2.64. The Morgan fingerprint density at radius 1 is 1.08 bits per heavy atom. The van der Waals surface area contributed by atoms with Crippen LogP contribution in [0.25, 0.3) is 0 Å². The summed E-state index contributed by atoms with van der Waals surface area (Å²) in [6, 6.07) is 4.91. The molecule has 0 aromatic heterocycles. The summed E-state index contributed by atoms with van der Waals surface area (Å²) in [6.45, 7) is -0.0361. The van der Waals surface area contributed by atoms with Crippen LogP contribution in [0.3, 0.4) is 0 Å². The van der Waals surface area contributed by atoms with Crippen molar-refractivity contribution in [2.45, 2.75) is 6.54 Å². The van der Waals surface area contributed by atoms with Crippen molar-refractivity contribution in [2.24, 2.45) is 0 Å². The Morgan fingerprint density at radius 3 is 2.35 bits per heavy atom. The van der Waals surface area contributed by atoms with E-state index in [0.29, 0.717) is 17.1 Å². The summed E-state index contributed by atoms with van der Waals surface area (Å²) in [6.07, 6.45) is 0. The van der Waals surface area contributed by atoms with Gasteiger partial charge in [-0.2, -0.15) is 0 Å². The summed E-state index contributed by atoms with van der Waals surface area (Å²) in [4.78, 5) is 11.8. The molecular weight excluding hydrogens is 419 g/mol. The minimum absolute atomic E-state index is 0.0361. The van der Waals surface area contributed by atoms with Crippen molar-refractivity contribution < 1.29 is 32.2 Å². The maximum absolute atomic E-state index is 14.4. The van der Waals surface area contributed by atoms with E-state index < -0.39 is 39.1 Å². The minimum Gasteiger partial charge on any atom is -0.497 e. The molecule has 5 nitrogen and oxygen atoms in total. The fourth-order valence-electron chi connectivity index (χ4n) is 2.27. The van der Waals surface area contributed by atoms with Crippen molar-refractivity contribution in [3.63, 3.8) is 0 Å². The summed E-state index contributed by atoms with van der Waals surface area (Å²) in [5.74, 6) is -4.43. The molecule has 2 aromatic rings. The van der Waals surface area contributed by atoms with Crippen LogP contribution in [-0.4, -0.2) is 27.3 Å². The number of nitrogens with one attached hydrogen (secondary N) is 1. The zero-order valence-corrected chi connectivity index (χ0v) is 15.7. The average molecular weight is 434 g/mol. The molecule has 0 heterocycles. The molecule has 0 atom stereocenters. The van der Waals surface area contributed by atoms with Gasteiger partial charge in [-0.1, -0.05) is 0 Å². The van der Waals surface area contributed by atoms with Gasteiger partial charge in [0, 0.05) is 18.2 Å². The maximum Gasteiger partial charge on any atom is 0.343 e. The smallest absolute Gasteiger partial charge is 0.343 e. The molecule has 0 fully saturated rings. The molecule has 0 aliphatic carbocycles. The number of carbonyl (C=O) groups excluding carboxylic acids is 1. The van der Waals surface area contributed by atoms with E-state index in [1.54, 1.807) is 18.2 Å². The zero-order chi connectivity index (χ0) is 19.4. The number of rotatable bonds is 6. The number of benzene rings is 2. The third-order valence-electron chi connectivity index (χ3n) is 3.61. The normalized spacial score (nSPS) is 10.4. The van der Waals surface area contributed by atoms with Crippen molar-refractivity contribution >= 4 is 27.6 Å². The third kappa shape index (κ3) is 3.72. The van der Waals surface area contributed by atoms with E-state index in [4.69, 9.17) is 9.47 Å². The Bertz CT molecular complexity index is 845. The van der Waals surface area contributed by atoms with Crippen LogP contribution in [0.5, 0.6) is 11.5 Å². The highest BCUT2D eigenvalue weighted by Crippen LogP contribution is 2.34. The first-order valence-corrected chi connectivity index (χ1v) is 8.04. The van der Waals surface area contributed by atoms with Gasteiger partial charge in [-0.15, -0.1) is 0 Å². The molecule has 0 aliphatic rings. The largest absolute Gasteiger partial charge is 0.497 e. The molecular formula is C17H15BrF3NO4. The second-order valence-corrected chi connectivity index (χ2v) is 5.82. The lowest BCUT2D eigenvalue weighted by atomic mass is 10.1. The SMILES string of the molecule is COC(=O)c1c(F)c(F)c(Br)c(F)c1NCc1ccc(OC)cc1OC. The Morgan fingerprint density at radius 2 is 1.77 bits per heavy atom. The molecule has 26 heavy (non-hydrogen) atoms.